The van der Waals surface area contributed by atoms with Crippen molar-refractivity contribution < 1.29 is 13.8 Å². The minimum Gasteiger partial charge on any atom is -0.340 e. The van der Waals surface area contributed by atoms with Crippen LogP contribution < -0.4 is 0 Å². The maximum Gasteiger partial charge on any atom is 0.296 e. The van der Waals surface area contributed by atoms with Crippen molar-refractivity contribution in [2.45, 2.75) is 13.0 Å². The maximum absolute atomic E-state index is 12.9. The van der Waals surface area contributed by atoms with Gasteiger partial charge in [0.05, 0.1) is 32.1 Å². The van der Waals surface area contributed by atoms with E-state index in [-0.39, 0.29) is 18.2 Å². The van der Waals surface area contributed by atoms with Crippen LogP contribution in [-0.4, -0.2) is 60.3 Å². The van der Waals surface area contributed by atoms with Crippen molar-refractivity contribution in [3.8, 4) is 0 Å². The average Bonchev–Trinajstić information content (AvgIpc) is 3.18. The molecule has 0 saturated carbocycles. The van der Waals surface area contributed by atoms with Crippen molar-refractivity contribution in [3.05, 3.63) is 33.5 Å². The lowest BCUT2D eigenvalue weighted by atomic mass is 10.4. The number of hydrogen-bond donors (Lipinski definition) is 0. The molecule has 3 heterocycles. The van der Waals surface area contributed by atoms with Crippen LogP contribution in [0.15, 0.2) is 32.9 Å². The van der Waals surface area contributed by atoms with E-state index in [2.05, 4.69) is 30.4 Å². The first-order valence-electron chi connectivity index (χ1n) is 7.56. The Bertz CT molecular complexity index is 886. The summed E-state index contributed by atoms with van der Waals surface area (Å²) in [5, 5.41) is 4.07. The van der Waals surface area contributed by atoms with E-state index in [1.807, 2.05) is 0 Å². The molecule has 1 fully saturated rings. The van der Waals surface area contributed by atoms with Crippen LogP contribution >= 0.6 is 27.3 Å². The van der Waals surface area contributed by atoms with Crippen LogP contribution in [0.5, 0.6) is 0 Å². The van der Waals surface area contributed by atoms with Gasteiger partial charge in [0, 0.05) is 30.8 Å². The molecule has 1 saturated heterocycles. The molecule has 1 atom stereocenters. The van der Waals surface area contributed by atoms with Gasteiger partial charge in [-0.3, -0.25) is 19.3 Å². The van der Waals surface area contributed by atoms with E-state index in [0.717, 1.165) is 4.47 Å². The van der Waals surface area contributed by atoms with Crippen molar-refractivity contribution in [1.82, 2.24) is 19.7 Å². The third kappa shape index (κ3) is 4.73. The highest BCUT2D eigenvalue weighted by molar-refractivity contribution is 9.10. The summed E-state index contributed by atoms with van der Waals surface area (Å²) in [6.45, 7) is 0.950. The lowest BCUT2D eigenvalue weighted by Crippen LogP contribution is -2.36. The van der Waals surface area contributed by atoms with E-state index >= 15 is 0 Å². The zero-order chi connectivity index (χ0) is 17.9. The van der Waals surface area contributed by atoms with Crippen LogP contribution in [0.2, 0.25) is 0 Å². The number of nitrogens with zero attached hydrogens (tertiary/aromatic N) is 5. The molecule has 1 aliphatic rings. The van der Waals surface area contributed by atoms with Crippen LogP contribution in [0.1, 0.15) is 16.1 Å². The predicted octanol–water partition coefficient (Wildman–Crippen LogP) is 1.64. The van der Waals surface area contributed by atoms with Crippen molar-refractivity contribution in [2.24, 2.45) is 4.36 Å². The maximum atomic E-state index is 12.9. The van der Waals surface area contributed by atoms with E-state index < -0.39 is 15.6 Å². The molecule has 2 aromatic heterocycles. The Hall–Kier alpha value is -1.59. The quantitative estimate of drug-likeness (QED) is 0.714. The van der Waals surface area contributed by atoms with Crippen LogP contribution in [0.4, 0.5) is 0 Å². The van der Waals surface area contributed by atoms with Gasteiger partial charge in [-0.15, -0.1) is 11.3 Å². The molecule has 0 bridgehead atoms. The first kappa shape index (κ1) is 18.2. The summed E-state index contributed by atoms with van der Waals surface area (Å²) in [6, 6.07) is 0. The summed E-state index contributed by atoms with van der Waals surface area (Å²) >= 11 is 4.46. The molecule has 2 amide bonds. The number of aromatic nitrogens is 3. The molecule has 0 aliphatic carbocycles. The monoisotopic (exact) mass is 445 g/mol. The highest BCUT2D eigenvalue weighted by atomic mass is 79.9. The number of amides is 2. The van der Waals surface area contributed by atoms with Gasteiger partial charge in [-0.05, 0) is 22.4 Å². The van der Waals surface area contributed by atoms with E-state index in [1.54, 1.807) is 22.0 Å². The Labute approximate surface area is 157 Å². The van der Waals surface area contributed by atoms with Gasteiger partial charge in [0.1, 0.15) is 11.4 Å². The van der Waals surface area contributed by atoms with Crippen LogP contribution in [-0.2, 0) is 21.1 Å². The van der Waals surface area contributed by atoms with Crippen molar-refractivity contribution >= 4 is 48.8 Å². The van der Waals surface area contributed by atoms with Gasteiger partial charge in [-0.25, -0.2) is 4.21 Å². The SMILES string of the molecule is O=C(N=S1(=O)CCCN(C(=O)Cn2cc(Br)cn2)CC1)c1cncs1. The van der Waals surface area contributed by atoms with E-state index in [0.29, 0.717) is 30.1 Å². The van der Waals surface area contributed by atoms with Gasteiger partial charge in [0.25, 0.3) is 5.91 Å². The molecule has 0 spiro atoms. The fourth-order valence-electron chi connectivity index (χ4n) is 2.47. The molecular weight excluding hydrogens is 430 g/mol. The predicted molar refractivity (Wildman–Crippen MR) is 97.9 cm³/mol. The van der Waals surface area contributed by atoms with Crippen molar-refractivity contribution in [2.75, 3.05) is 24.6 Å². The van der Waals surface area contributed by atoms with Gasteiger partial charge >= 0.3 is 0 Å². The second-order valence-corrected chi connectivity index (χ2v) is 9.88. The number of carbonyl (C=O) groups excluding carboxylic acids is 2. The number of thiazole rings is 1. The van der Waals surface area contributed by atoms with Crippen molar-refractivity contribution in [3.63, 3.8) is 0 Å². The summed E-state index contributed by atoms with van der Waals surface area (Å²) in [5.74, 6) is -0.0671. The standard InChI is InChI=1S/C14H16BrN5O3S2/c15-11-6-17-20(8-11)9-13(21)19-2-1-4-25(23,5-3-19)18-14(22)12-7-16-10-24-12/h6-8,10H,1-5,9H2. The second kappa shape index (κ2) is 7.75. The summed E-state index contributed by atoms with van der Waals surface area (Å²) < 4.78 is 19.2. The first-order valence-corrected chi connectivity index (χ1v) is 11.1. The molecule has 0 aromatic carbocycles. The highest BCUT2D eigenvalue weighted by Gasteiger charge is 2.23. The Morgan fingerprint density at radius 3 is 2.84 bits per heavy atom. The van der Waals surface area contributed by atoms with Gasteiger partial charge in [0.2, 0.25) is 5.91 Å². The normalized spacial score (nSPS) is 20.9. The van der Waals surface area contributed by atoms with E-state index in [9.17, 15) is 13.8 Å². The number of carbonyl (C=O) groups is 2. The number of halogens is 1. The van der Waals surface area contributed by atoms with Crippen LogP contribution in [0.25, 0.3) is 0 Å². The van der Waals surface area contributed by atoms with E-state index in [1.165, 1.54) is 23.0 Å². The summed E-state index contributed by atoms with van der Waals surface area (Å²) in [4.78, 5) is 30.4. The Kier molecular flexibility index (Phi) is 5.64. The van der Waals surface area contributed by atoms with Crippen LogP contribution in [0.3, 0.4) is 0 Å². The molecule has 11 heteroatoms. The molecule has 25 heavy (non-hydrogen) atoms. The fraction of sp³-hybridized carbons (Fsp3) is 0.429. The van der Waals surface area contributed by atoms with Gasteiger partial charge < -0.3 is 4.90 Å². The Morgan fingerprint density at radius 2 is 2.16 bits per heavy atom. The molecule has 2 aromatic rings. The molecule has 1 unspecified atom stereocenters. The highest BCUT2D eigenvalue weighted by Crippen LogP contribution is 2.14. The molecule has 0 N–H and O–H groups in total. The zero-order valence-corrected chi connectivity index (χ0v) is 16.4. The minimum atomic E-state index is -2.66. The Balaban J connectivity index is 1.66. The summed E-state index contributed by atoms with van der Waals surface area (Å²) in [5.41, 5.74) is 1.54. The van der Waals surface area contributed by atoms with Gasteiger partial charge in [-0.1, -0.05) is 0 Å². The third-order valence-corrected chi connectivity index (χ3v) is 7.13. The van der Waals surface area contributed by atoms with Gasteiger partial charge in [0.15, 0.2) is 0 Å². The fourth-order valence-corrected chi connectivity index (χ4v) is 5.23. The summed E-state index contributed by atoms with van der Waals surface area (Å²) in [7, 11) is -2.66. The smallest absolute Gasteiger partial charge is 0.296 e. The van der Waals surface area contributed by atoms with Crippen molar-refractivity contribution in [1.29, 1.82) is 0 Å². The van der Waals surface area contributed by atoms with Gasteiger partial charge in [-0.2, -0.15) is 9.46 Å². The van der Waals surface area contributed by atoms with E-state index in [4.69, 9.17) is 0 Å². The lowest BCUT2D eigenvalue weighted by molar-refractivity contribution is -0.131. The van der Waals surface area contributed by atoms with Crippen LogP contribution in [0, 0.1) is 0 Å². The molecule has 8 nitrogen and oxygen atoms in total. The average molecular weight is 446 g/mol. The largest absolute Gasteiger partial charge is 0.340 e. The minimum absolute atomic E-state index is 0.0898. The number of hydrogen-bond acceptors (Lipinski definition) is 6. The molecule has 134 valence electrons. The topological polar surface area (TPSA) is 97.5 Å². The summed E-state index contributed by atoms with van der Waals surface area (Å²) in [6.07, 6.45) is 5.31. The number of rotatable bonds is 3. The second-order valence-electron chi connectivity index (χ2n) is 5.53. The molecular formula is C14H16BrN5O3S2. The first-order chi connectivity index (χ1) is 12.0. The lowest BCUT2D eigenvalue weighted by Gasteiger charge is -2.19. The third-order valence-electron chi connectivity index (χ3n) is 3.72. The zero-order valence-electron chi connectivity index (χ0n) is 13.2. The Morgan fingerprint density at radius 1 is 1.32 bits per heavy atom. The molecule has 1 aliphatic heterocycles. The molecule has 3 rings (SSSR count). The molecule has 0 radical (unpaired) electrons.